The number of hydrogen-bond acceptors (Lipinski definition) is 6. The zero-order valence-electron chi connectivity index (χ0n) is 13.1. The van der Waals surface area contributed by atoms with Gasteiger partial charge in [0.25, 0.3) is 5.56 Å². The number of rotatable bonds is 4. The van der Waals surface area contributed by atoms with E-state index in [1.54, 1.807) is 19.1 Å². The van der Waals surface area contributed by atoms with Crippen molar-refractivity contribution in [3.8, 4) is 0 Å². The summed E-state index contributed by atoms with van der Waals surface area (Å²) in [7, 11) is 0. The number of hydrogen-bond donors (Lipinski definition) is 1. The Morgan fingerprint density at radius 3 is 2.96 bits per heavy atom. The minimum atomic E-state index is -0.565. The molecule has 0 fully saturated rings. The van der Waals surface area contributed by atoms with Crippen molar-refractivity contribution in [3.63, 3.8) is 0 Å². The van der Waals surface area contributed by atoms with Crippen molar-refractivity contribution >= 4 is 28.5 Å². The summed E-state index contributed by atoms with van der Waals surface area (Å²) in [6.45, 7) is 3.34. The minimum absolute atomic E-state index is 0.166. The molecule has 3 rings (SSSR count). The number of halogens is 1. The number of aromatic amines is 1. The van der Waals surface area contributed by atoms with Gasteiger partial charge in [-0.3, -0.25) is 4.79 Å². The van der Waals surface area contributed by atoms with Crippen LogP contribution in [0, 0.1) is 6.92 Å². The average Bonchev–Trinajstić information content (AvgIpc) is 2.94. The van der Waals surface area contributed by atoms with Gasteiger partial charge < -0.3 is 14.2 Å². The number of ether oxygens (including phenoxy) is 1. The topological polar surface area (TPSA) is 98.1 Å². The number of aryl methyl sites for hydroxylation is 2. The molecule has 0 aliphatic rings. The number of nitrogens with one attached hydrogen (secondary N) is 1. The highest BCUT2D eigenvalue weighted by Gasteiger charge is 2.21. The maximum absolute atomic E-state index is 12.2. The van der Waals surface area contributed by atoms with Crippen LogP contribution < -0.4 is 5.56 Å². The van der Waals surface area contributed by atoms with E-state index in [0.717, 1.165) is 0 Å². The fourth-order valence-corrected chi connectivity index (χ4v) is 2.53. The lowest BCUT2D eigenvalue weighted by Gasteiger charge is -2.05. The van der Waals surface area contributed by atoms with Crippen molar-refractivity contribution in [2.45, 2.75) is 26.9 Å². The average molecular weight is 348 g/mol. The van der Waals surface area contributed by atoms with E-state index in [1.165, 1.54) is 6.07 Å². The quantitative estimate of drug-likeness (QED) is 0.729. The summed E-state index contributed by atoms with van der Waals surface area (Å²) in [6.07, 6.45) is 0.549. The van der Waals surface area contributed by atoms with E-state index in [-0.39, 0.29) is 18.0 Å². The lowest BCUT2D eigenvalue weighted by atomic mass is 10.1. The molecule has 2 aromatic heterocycles. The van der Waals surface area contributed by atoms with Gasteiger partial charge in [-0.15, -0.1) is 0 Å². The molecule has 0 unspecified atom stereocenters. The summed E-state index contributed by atoms with van der Waals surface area (Å²) in [5, 5.41) is 4.64. The van der Waals surface area contributed by atoms with Gasteiger partial charge in [-0.25, -0.2) is 9.78 Å². The van der Waals surface area contributed by atoms with Crippen molar-refractivity contribution in [1.29, 1.82) is 0 Å². The number of carbonyl (C=O) groups is 1. The second kappa shape index (κ2) is 6.45. The highest BCUT2D eigenvalue weighted by atomic mass is 35.5. The van der Waals surface area contributed by atoms with Gasteiger partial charge in [-0.2, -0.15) is 0 Å². The molecule has 0 bridgehead atoms. The predicted octanol–water partition coefficient (Wildman–Crippen LogP) is 2.79. The standard InChI is InChI=1S/C16H14ClN3O4/c1-3-11-14(8(2)24-20-11)16(22)23-7-13-18-12-5-4-9(17)6-10(12)15(21)19-13/h4-6H,3,7H2,1-2H3,(H,18,19,21). The first-order valence-corrected chi connectivity index (χ1v) is 7.68. The van der Waals surface area contributed by atoms with Crippen molar-refractivity contribution in [3.05, 3.63) is 56.4 Å². The molecule has 2 heterocycles. The zero-order chi connectivity index (χ0) is 17.3. The van der Waals surface area contributed by atoms with E-state index in [1.807, 2.05) is 6.92 Å². The van der Waals surface area contributed by atoms with Crippen LogP contribution in [-0.4, -0.2) is 21.1 Å². The summed E-state index contributed by atoms with van der Waals surface area (Å²) in [5.41, 5.74) is 0.980. The monoisotopic (exact) mass is 347 g/mol. The third-order valence-electron chi connectivity index (χ3n) is 3.53. The first-order chi connectivity index (χ1) is 11.5. The molecule has 0 radical (unpaired) electrons. The number of nitrogens with zero attached hydrogens (tertiary/aromatic N) is 2. The van der Waals surface area contributed by atoms with Gasteiger partial charge in [0.2, 0.25) is 0 Å². The fraction of sp³-hybridized carbons (Fsp3) is 0.250. The molecular weight excluding hydrogens is 334 g/mol. The summed E-state index contributed by atoms with van der Waals surface area (Å²) in [6, 6.07) is 4.81. The lowest BCUT2D eigenvalue weighted by molar-refractivity contribution is 0.0459. The van der Waals surface area contributed by atoms with Gasteiger partial charge in [0.05, 0.1) is 16.6 Å². The maximum atomic E-state index is 12.2. The highest BCUT2D eigenvalue weighted by molar-refractivity contribution is 6.31. The molecule has 0 saturated heterocycles. The molecule has 0 aliphatic heterocycles. The molecule has 0 saturated carbocycles. The third kappa shape index (κ3) is 3.03. The lowest BCUT2D eigenvalue weighted by Crippen LogP contribution is -2.15. The van der Waals surface area contributed by atoms with Crippen LogP contribution in [0.5, 0.6) is 0 Å². The molecule has 0 aliphatic carbocycles. The summed E-state index contributed by atoms with van der Waals surface area (Å²) in [4.78, 5) is 31.1. The molecule has 7 nitrogen and oxygen atoms in total. The van der Waals surface area contributed by atoms with Gasteiger partial charge in [-0.1, -0.05) is 23.7 Å². The highest BCUT2D eigenvalue weighted by Crippen LogP contribution is 2.17. The Labute approximate surface area is 141 Å². The van der Waals surface area contributed by atoms with Gasteiger partial charge >= 0.3 is 5.97 Å². The molecule has 8 heteroatoms. The van der Waals surface area contributed by atoms with Gasteiger partial charge in [-0.05, 0) is 31.5 Å². The largest absolute Gasteiger partial charge is 0.454 e. The van der Waals surface area contributed by atoms with Crippen molar-refractivity contribution in [1.82, 2.24) is 15.1 Å². The molecule has 0 amide bonds. The number of carbonyl (C=O) groups excluding carboxylic acids is 1. The molecule has 1 aromatic carbocycles. The van der Waals surface area contributed by atoms with Crippen molar-refractivity contribution in [2.75, 3.05) is 0 Å². The number of esters is 1. The van der Waals surface area contributed by atoms with E-state index in [9.17, 15) is 9.59 Å². The van der Waals surface area contributed by atoms with E-state index in [2.05, 4.69) is 15.1 Å². The molecule has 0 spiro atoms. The number of aromatic nitrogens is 3. The molecule has 3 aromatic rings. The Morgan fingerprint density at radius 1 is 1.42 bits per heavy atom. The van der Waals surface area contributed by atoms with Gasteiger partial charge in [0, 0.05) is 5.02 Å². The predicted molar refractivity (Wildman–Crippen MR) is 87.1 cm³/mol. The molecule has 0 atom stereocenters. The van der Waals surface area contributed by atoms with Crippen LogP contribution in [0.3, 0.4) is 0 Å². The van der Waals surface area contributed by atoms with Crippen LogP contribution >= 0.6 is 11.6 Å². The Bertz CT molecular complexity index is 977. The maximum Gasteiger partial charge on any atom is 0.344 e. The first kappa shape index (κ1) is 16.2. The minimum Gasteiger partial charge on any atom is -0.454 e. The van der Waals surface area contributed by atoms with E-state index in [0.29, 0.717) is 39.4 Å². The van der Waals surface area contributed by atoms with Crippen LogP contribution in [-0.2, 0) is 17.8 Å². The zero-order valence-corrected chi connectivity index (χ0v) is 13.8. The van der Waals surface area contributed by atoms with Crippen LogP contribution in [0.2, 0.25) is 5.02 Å². The summed E-state index contributed by atoms with van der Waals surface area (Å²) >= 11 is 5.87. The normalized spacial score (nSPS) is 11.0. The molecule has 24 heavy (non-hydrogen) atoms. The van der Waals surface area contributed by atoms with Crippen molar-refractivity contribution in [2.24, 2.45) is 0 Å². The van der Waals surface area contributed by atoms with Crippen LogP contribution in [0.15, 0.2) is 27.5 Å². The van der Waals surface area contributed by atoms with Crippen LogP contribution in [0.4, 0.5) is 0 Å². The summed E-state index contributed by atoms with van der Waals surface area (Å²) < 4.78 is 10.2. The third-order valence-corrected chi connectivity index (χ3v) is 3.76. The SMILES string of the molecule is CCc1noc(C)c1C(=O)OCc1nc2ccc(Cl)cc2c(=O)[nH]1. The second-order valence-electron chi connectivity index (χ2n) is 5.16. The molecular formula is C16H14ClN3O4. The number of fused-ring (bicyclic) bond motifs is 1. The van der Waals surface area contributed by atoms with Crippen LogP contribution in [0.25, 0.3) is 10.9 Å². The smallest absolute Gasteiger partial charge is 0.344 e. The van der Waals surface area contributed by atoms with Crippen molar-refractivity contribution < 1.29 is 14.1 Å². The number of benzene rings is 1. The second-order valence-corrected chi connectivity index (χ2v) is 5.60. The van der Waals surface area contributed by atoms with Gasteiger partial charge in [0.1, 0.15) is 23.8 Å². The Morgan fingerprint density at radius 2 is 2.21 bits per heavy atom. The van der Waals surface area contributed by atoms with Gasteiger partial charge in [0.15, 0.2) is 0 Å². The molecule has 124 valence electrons. The van der Waals surface area contributed by atoms with E-state index >= 15 is 0 Å². The first-order valence-electron chi connectivity index (χ1n) is 7.30. The fourth-order valence-electron chi connectivity index (χ4n) is 2.35. The Kier molecular flexibility index (Phi) is 4.35. The van der Waals surface area contributed by atoms with E-state index in [4.69, 9.17) is 20.9 Å². The van der Waals surface area contributed by atoms with E-state index < -0.39 is 5.97 Å². The number of H-pyrrole nitrogens is 1. The summed E-state index contributed by atoms with van der Waals surface area (Å²) in [5.74, 6) is 0.0752. The Hall–Kier alpha value is -2.67. The Balaban J connectivity index is 1.83. The van der Waals surface area contributed by atoms with Crippen LogP contribution in [0.1, 0.15) is 34.6 Å². The molecule has 1 N–H and O–H groups in total.